The lowest BCUT2D eigenvalue weighted by Crippen LogP contribution is -2.35. The van der Waals surface area contributed by atoms with Gasteiger partial charge in [-0.15, -0.1) is 5.10 Å². The molecule has 1 aromatic carbocycles. The minimum Gasteiger partial charge on any atom is -0.325 e. The monoisotopic (exact) mass is 410 g/mol. The van der Waals surface area contributed by atoms with Crippen molar-refractivity contribution in [2.24, 2.45) is 7.05 Å². The van der Waals surface area contributed by atoms with Crippen LogP contribution < -0.4 is 5.32 Å². The van der Waals surface area contributed by atoms with Crippen LogP contribution in [0.15, 0.2) is 34.3 Å². The van der Waals surface area contributed by atoms with Gasteiger partial charge in [0.2, 0.25) is 21.1 Å². The number of carbonyl (C=O) groups excluding carboxylic acids is 1. The summed E-state index contributed by atoms with van der Waals surface area (Å²) in [6.45, 7) is 2.82. The summed E-state index contributed by atoms with van der Waals surface area (Å²) in [7, 11) is -1.84. The van der Waals surface area contributed by atoms with Gasteiger partial charge in [-0.2, -0.15) is 4.31 Å². The maximum atomic E-state index is 12.8. The number of anilines is 1. The molecule has 27 heavy (non-hydrogen) atoms. The SMILES string of the molecule is CC(Sc1nnnn1C)C(=O)Nc1cccc(S(=O)(=O)N2CCCCC2)c1. The van der Waals surface area contributed by atoms with Crippen molar-refractivity contribution < 1.29 is 13.2 Å². The number of aromatic nitrogens is 4. The van der Waals surface area contributed by atoms with E-state index in [0.29, 0.717) is 23.9 Å². The Morgan fingerprint density at radius 2 is 2.00 bits per heavy atom. The smallest absolute Gasteiger partial charge is 0.243 e. The number of hydrogen-bond donors (Lipinski definition) is 1. The third-order valence-corrected chi connectivity index (χ3v) is 7.31. The highest BCUT2D eigenvalue weighted by Crippen LogP contribution is 2.24. The Morgan fingerprint density at radius 1 is 1.26 bits per heavy atom. The normalized spacial score (nSPS) is 16.8. The number of tetrazole rings is 1. The van der Waals surface area contributed by atoms with Crippen molar-refractivity contribution >= 4 is 33.4 Å². The Hall–Kier alpha value is -1.98. The van der Waals surface area contributed by atoms with E-state index in [4.69, 9.17) is 0 Å². The number of nitrogens with one attached hydrogen (secondary N) is 1. The Kier molecular flexibility index (Phi) is 6.12. The molecule has 1 aromatic heterocycles. The fraction of sp³-hybridized carbons (Fsp3) is 0.500. The highest BCUT2D eigenvalue weighted by Gasteiger charge is 2.26. The van der Waals surface area contributed by atoms with Crippen LogP contribution in [0.5, 0.6) is 0 Å². The lowest BCUT2D eigenvalue weighted by molar-refractivity contribution is -0.115. The second-order valence-corrected chi connectivity index (χ2v) is 9.57. The highest BCUT2D eigenvalue weighted by atomic mass is 32.2. The molecule has 11 heteroatoms. The fourth-order valence-electron chi connectivity index (χ4n) is 2.77. The highest BCUT2D eigenvalue weighted by molar-refractivity contribution is 8.00. The van der Waals surface area contributed by atoms with Gasteiger partial charge in [-0.1, -0.05) is 24.2 Å². The zero-order valence-electron chi connectivity index (χ0n) is 15.2. The maximum Gasteiger partial charge on any atom is 0.243 e. The molecule has 1 amide bonds. The van der Waals surface area contributed by atoms with Gasteiger partial charge in [0.25, 0.3) is 0 Å². The van der Waals surface area contributed by atoms with Crippen LogP contribution in [-0.4, -0.2) is 57.2 Å². The average Bonchev–Trinajstić information content (AvgIpc) is 3.07. The summed E-state index contributed by atoms with van der Waals surface area (Å²) in [4.78, 5) is 12.6. The summed E-state index contributed by atoms with van der Waals surface area (Å²) in [5.74, 6) is -0.254. The lowest BCUT2D eigenvalue weighted by Gasteiger charge is -2.26. The van der Waals surface area contributed by atoms with Gasteiger partial charge in [-0.25, -0.2) is 13.1 Å². The molecule has 0 bridgehead atoms. The van der Waals surface area contributed by atoms with Crippen LogP contribution in [0.4, 0.5) is 5.69 Å². The second-order valence-electron chi connectivity index (χ2n) is 6.33. The maximum absolute atomic E-state index is 12.8. The molecule has 0 aliphatic carbocycles. The predicted octanol–water partition coefficient (Wildman–Crippen LogP) is 1.50. The number of nitrogens with zero attached hydrogens (tertiary/aromatic N) is 5. The van der Waals surface area contributed by atoms with Crippen LogP contribution in [-0.2, 0) is 21.9 Å². The number of hydrogen-bond acceptors (Lipinski definition) is 7. The summed E-state index contributed by atoms with van der Waals surface area (Å²) in [5.41, 5.74) is 0.446. The topological polar surface area (TPSA) is 110 Å². The molecule has 9 nitrogen and oxygen atoms in total. The van der Waals surface area contributed by atoms with Gasteiger partial charge >= 0.3 is 0 Å². The molecule has 146 valence electrons. The van der Waals surface area contributed by atoms with E-state index in [-0.39, 0.29) is 10.8 Å². The Labute approximate surface area is 162 Å². The first-order chi connectivity index (χ1) is 12.9. The van der Waals surface area contributed by atoms with E-state index in [1.54, 1.807) is 32.2 Å². The first-order valence-corrected chi connectivity index (χ1v) is 11.0. The van der Waals surface area contributed by atoms with Gasteiger partial charge in [-0.3, -0.25) is 4.79 Å². The molecule has 1 aliphatic rings. The number of benzene rings is 1. The van der Waals surface area contributed by atoms with Crippen molar-refractivity contribution in [2.75, 3.05) is 18.4 Å². The standard InChI is InChI=1S/C16H22N6O3S2/c1-12(26-16-18-19-20-21(16)2)15(23)17-13-7-6-8-14(11-13)27(24,25)22-9-4-3-5-10-22/h6-8,11-12H,3-5,9-10H2,1-2H3,(H,17,23). The van der Waals surface area contributed by atoms with E-state index in [1.165, 1.54) is 26.8 Å². The van der Waals surface area contributed by atoms with E-state index in [0.717, 1.165) is 19.3 Å². The van der Waals surface area contributed by atoms with Crippen LogP contribution >= 0.6 is 11.8 Å². The summed E-state index contributed by atoms with van der Waals surface area (Å²) < 4.78 is 28.6. The molecular weight excluding hydrogens is 388 g/mol. The molecule has 2 aromatic rings. The fourth-order valence-corrected chi connectivity index (χ4v) is 5.08. The van der Waals surface area contributed by atoms with E-state index >= 15 is 0 Å². The van der Waals surface area contributed by atoms with Crippen molar-refractivity contribution in [3.8, 4) is 0 Å². The summed E-state index contributed by atoms with van der Waals surface area (Å²) in [6, 6.07) is 6.37. The van der Waals surface area contributed by atoms with Gasteiger partial charge in [-0.05, 0) is 48.4 Å². The molecule has 1 fully saturated rings. The van der Waals surface area contributed by atoms with Gasteiger partial charge in [0.05, 0.1) is 10.1 Å². The number of aryl methyl sites for hydroxylation is 1. The van der Waals surface area contributed by atoms with Gasteiger partial charge in [0.15, 0.2) is 0 Å². The van der Waals surface area contributed by atoms with Crippen molar-refractivity contribution in [1.82, 2.24) is 24.5 Å². The van der Waals surface area contributed by atoms with Gasteiger partial charge in [0, 0.05) is 25.8 Å². The molecule has 1 atom stereocenters. The van der Waals surface area contributed by atoms with E-state index in [1.807, 2.05) is 0 Å². The second kappa shape index (κ2) is 8.36. The Bertz CT molecular complexity index is 908. The van der Waals surface area contributed by atoms with Crippen molar-refractivity contribution in [3.63, 3.8) is 0 Å². The van der Waals surface area contributed by atoms with Crippen LogP contribution in [0, 0.1) is 0 Å². The summed E-state index contributed by atoms with van der Waals surface area (Å²) in [5, 5.41) is 14.0. The van der Waals surface area contributed by atoms with E-state index < -0.39 is 15.3 Å². The number of amides is 1. The first kappa shape index (κ1) is 19.8. The quantitative estimate of drug-likeness (QED) is 0.719. The van der Waals surface area contributed by atoms with Crippen LogP contribution in [0.2, 0.25) is 0 Å². The molecule has 0 radical (unpaired) electrons. The molecule has 0 spiro atoms. The number of rotatable bonds is 6. The van der Waals surface area contributed by atoms with Gasteiger partial charge < -0.3 is 5.32 Å². The minimum absolute atomic E-state index is 0.194. The largest absolute Gasteiger partial charge is 0.325 e. The molecule has 3 rings (SSSR count). The van der Waals surface area contributed by atoms with Crippen molar-refractivity contribution in [1.29, 1.82) is 0 Å². The van der Waals surface area contributed by atoms with Gasteiger partial charge in [0.1, 0.15) is 0 Å². The molecule has 0 saturated carbocycles. The van der Waals surface area contributed by atoms with Crippen LogP contribution in [0.3, 0.4) is 0 Å². The first-order valence-electron chi connectivity index (χ1n) is 8.68. The molecule has 1 N–H and O–H groups in total. The summed E-state index contributed by atoms with van der Waals surface area (Å²) in [6.07, 6.45) is 2.81. The third kappa shape index (κ3) is 4.66. The molecule has 1 unspecified atom stereocenters. The lowest BCUT2D eigenvalue weighted by atomic mass is 10.2. The van der Waals surface area contributed by atoms with Crippen LogP contribution in [0.1, 0.15) is 26.2 Å². The predicted molar refractivity (Wildman–Crippen MR) is 102 cm³/mol. The van der Waals surface area contributed by atoms with Crippen molar-refractivity contribution in [3.05, 3.63) is 24.3 Å². The number of sulfonamides is 1. The third-order valence-electron chi connectivity index (χ3n) is 4.29. The summed E-state index contributed by atoms with van der Waals surface area (Å²) >= 11 is 1.23. The van der Waals surface area contributed by atoms with E-state index in [2.05, 4.69) is 20.8 Å². The number of thioether (sulfide) groups is 1. The number of piperidine rings is 1. The molecule has 2 heterocycles. The minimum atomic E-state index is -3.54. The zero-order valence-corrected chi connectivity index (χ0v) is 16.8. The van der Waals surface area contributed by atoms with Crippen molar-refractivity contribution in [2.45, 2.75) is 41.5 Å². The Morgan fingerprint density at radius 3 is 2.67 bits per heavy atom. The molecule has 1 aliphatic heterocycles. The average molecular weight is 411 g/mol. The molecule has 1 saturated heterocycles. The molecular formula is C16H22N6O3S2. The Balaban J connectivity index is 1.70. The zero-order chi connectivity index (χ0) is 19.4. The van der Waals surface area contributed by atoms with E-state index in [9.17, 15) is 13.2 Å². The van der Waals surface area contributed by atoms with Crippen LogP contribution in [0.25, 0.3) is 0 Å². The number of carbonyl (C=O) groups is 1.